The highest BCUT2D eigenvalue weighted by atomic mass is 16.4. The van der Waals surface area contributed by atoms with Crippen LogP contribution >= 0.6 is 0 Å². The van der Waals surface area contributed by atoms with Crippen LogP contribution in [0.4, 0.5) is 0 Å². The minimum atomic E-state index is -0.839. The van der Waals surface area contributed by atoms with Gasteiger partial charge in [-0.1, -0.05) is 0 Å². The molecule has 0 amide bonds. The van der Waals surface area contributed by atoms with Gasteiger partial charge in [-0.2, -0.15) is 0 Å². The molecule has 2 heterocycles. The smallest absolute Gasteiger partial charge is 0.303 e. The van der Waals surface area contributed by atoms with Gasteiger partial charge < -0.3 is 9.52 Å². The highest BCUT2D eigenvalue weighted by molar-refractivity contribution is 5.67. The predicted molar refractivity (Wildman–Crippen MR) is 55.7 cm³/mol. The van der Waals surface area contributed by atoms with E-state index in [9.17, 15) is 4.79 Å². The Hall–Kier alpha value is -2.17. The van der Waals surface area contributed by atoms with E-state index in [4.69, 9.17) is 9.52 Å². The maximum atomic E-state index is 10.4. The van der Waals surface area contributed by atoms with Gasteiger partial charge in [0, 0.05) is 24.4 Å². The van der Waals surface area contributed by atoms with E-state index in [1.807, 2.05) is 0 Å². The molecular formula is C11H10N2O3. The first-order valence-electron chi connectivity index (χ1n) is 4.82. The van der Waals surface area contributed by atoms with Crippen molar-refractivity contribution in [2.24, 2.45) is 0 Å². The van der Waals surface area contributed by atoms with Gasteiger partial charge >= 0.3 is 5.97 Å². The number of carboxylic acid groups (broad SMARTS) is 1. The molecule has 2 aromatic rings. The van der Waals surface area contributed by atoms with Gasteiger partial charge in [0.1, 0.15) is 6.26 Å². The Morgan fingerprint density at radius 2 is 2.12 bits per heavy atom. The van der Waals surface area contributed by atoms with E-state index in [0.29, 0.717) is 18.0 Å². The third kappa shape index (κ3) is 2.44. The van der Waals surface area contributed by atoms with Crippen LogP contribution in [0.5, 0.6) is 0 Å². The Kier molecular flexibility index (Phi) is 2.95. The molecule has 82 valence electrons. The number of carboxylic acids is 1. The average Bonchev–Trinajstić information content (AvgIpc) is 2.76. The first-order chi connectivity index (χ1) is 7.75. The molecule has 0 aliphatic heterocycles. The number of aliphatic carboxylic acids is 1. The number of aromatic nitrogens is 2. The fraction of sp³-hybridized carbons (Fsp3) is 0.182. The summed E-state index contributed by atoms with van der Waals surface area (Å²) in [6, 6.07) is 3.57. The predicted octanol–water partition coefficient (Wildman–Crippen LogP) is 1.75. The quantitative estimate of drug-likeness (QED) is 0.846. The maximum absolute atomic E-state index is 10.4. The topological polar surface area (TPSA) is 76.2 Å². The second-order valence-corrected chi connectivity index (χ2v) is 3.27. The van der Waals surface area contributed by atoms with Gasteiger partial charge in [-0.05, 0) is 12.1 Å². The minimum Gasteiger partial charge on any atom is -0.481 e. The second kappa shape index (κ2) is 4.57. The SMILES string of the molecule is O=C(O)CCc1coc(-c2ccncc2)n1. The van der Waals surface area contributed by atoms with E-state index < -0.39 is 5.97 Å². The summed E-state index contributed by atoms with van der Waals surface area (Å²) in [6.07, 6.45) is 5.22. The first-order valence-corrected chi connectivity index (χ1v) is 4.82. The van der Waals surface area contributed by atoms with Gasteiger partial charge in [0.05, 0.1) is 12.1 Å². The summed E-state index contributed by atoms with van der Waals surface area (Å²) in [5.41, 5.74) is 1.48. The standard InChI is InChI=1S/C11H10N2O3/c14-10(15)2-1-9-7-16-11(13-9)8-3-5-12-6-4-8/h3-7H,1-2H2,(H,14,15). The van der Waals surface area contributed by atoms with E-state index in [1.54, 1.807) is 24.5 Å². The molecule has 5 nitrogen and oxygen atoms in total. The van der Waals surface area contributed by atoms with Crippen molar-refractivity contribution < 1.29 is 14.3 Å². The number of rotatable bonds is 4. The van der Waals surface area contributed by atoms with Crippen molar-refractivity contribution in [1.82, 2.24) is 9.97 Å². The molecule has 0 radical (unpaired) electrons. The van der Waals surface area contributed by atoms with Crippen LogP contribution in [0.25, 0.3) is 11.5 Å². The molecule has 0 spiro atoms. The Labute approximate surface area is 91.8 Å². The number of hydrogen-bond donors (Lipinski definition) is 1. The fourth-order valence-corrected chi connectivity index (χ4v) is 1.28. The molecule has 0 fully saturated rings. The molecule has 0 aliphatic carbocycles. The average molecular weight is 218 g/mol. The van der Waals surface area contributed by atoms with E-state index in [1.165, 1.54) is 6.26 Å². The zero-order chi connectivity index (χ0) is 11.4. The third-order valence-electron chi connectivity index (χ3n) is 2.07. The highest BCUT2D eigenvalue weighted by Gasteiger charge is 2.07. The van der Waals surface area contributed by atoms with Crippen LogP contribution in [0.2, 0.25) is 0 Å². The Bertz CT molecular complexity index is 479. The maximum Gasteiger partial charge on any atom is 0.303 e. The van der Waals surface area contributed by atoms with Crippen molar-refractivity contribution in [1.29, 1.82) is 0 Å². The molecular weight excluding hydrogens is 208 g/mol. The number of oxazole rings is 1. The van der Waals surface area contributed by atoms with Crippen molar-refractivity contribution in [3.05, 3.63) is 36.5 Å². The molecule has 0 saturated carbocycles. The van der Waals surface area contributed by atoms with Crippen LogP contribution in [-0.4, -0.2) is 21.0 Å². The zero-order valence-electron chi connectivity index (χ0n) is 8.46. The van der Waals surface area contributed by atoms with E-state index in [0.717, 1.165) is 5.56 Å². The molecule has 0 aliphatic rings. The molecule has 0 saturated heterocycles. The first kappa shape index (κ1) is 10.4. The van der Waals surface area contributed by atoms with E-state index >= 15 is 0 Å². The van der Waals surface area contributed by atoms with Crippen molar-refractivity contribution in [3.8, 4) is 11.5 Å². The monoisotopic (exact) mass is 218 g/mol. The van der Waals surface area contributed by atoms with Crippen molar-refractivity contribution in [2.75, 3.05) is 0 Å². The Morgan fingerprint density at radius 1 is 1.38 bits per heavy atom. The molecule has 2 aromatic heterocycles. The van der Waals surface area contributed by atoms with Gasteiger partial charge in [-0.25, -0.2) is 4.98 Å². The summed E-state index contributed by atoms with van der Waals surface area (Å²) < 4.78 is 5.25. The largest absolute Gasteiger partial charge is 0.481 e. The van der Waals surface area contributed by atoms with Crippen LogP contribution in [0, 0.1) is 0 Å². The zero-order valence-corrected chi connectivity index (χ0v) is 8.46. The molecule has 2 rings (SSSR count). The molecule has 0 unspecified atom stereocenters. The number of pyridine rings is 1. The lowest BCUT2D eigenvalue weighted by molar-refractivity contribution is -0.136. The van der Waals surface area contributed by atoms with Crippen molar-refractivity contribution >= 4 is 5.97 Å². The molecule has 0 aromatic carbocycles. The molecule has 1 N–H and O–H groups in total. The van der Waals surface area contributed by atoms with Crippen LogP contribution < -0.4 is 0 Å². The third-order valence-corrected chi connectivity index (χ3v) is 2.07. The van der Waals surface area contributed by atoms with Gasteiger partial charge in [-0.15, -0.1) is 0 Å². The van der Waals surface area contributed by atoms with Crippen molar-refractivity contribution in [2.45, 2.75) is 12.8 Å². The van der Waals surface area contributed by atoms with Gasteiger partial charge in [0.2, 0.25) is 5.89 Å². The fourth-order valence-electron chi connectivity index (χ4n) is 1.28. The van der Waals surface area contributed by atoms with Crippen molar-refractivity contribution in [3.63, 3.8) is 0 Å². The Morgan fingerprint density at radius 3 is 2.81 bits per heavy atom. The lowest BCUT2D eigenvalue weighted by atomic mass is 10.2. The summed E-state index contributed by atoms with van der Waals surface area (Å²) in [5.74, 6) is -0.351. The molecule has 0 atom stereocenters. The van der Waals surface area contributed by atoms with Gasteiger partial charge in [-0.3, -0.25) is 9.78 Å². The van der Waals surface area contributed by atoms with Gasteiger partial charge in [0.25, 0.3) is 0 Å². The summed E-state index contributed by atoms with van der Waals surface area (Å²) >= 11 is 0. The van der Waals surface area contributed by atoms with Gasteiger partial charge in [0.15, 0.2) is 0 Å². The van der Waals surface area contributed by atoms with Crippen LogP contribution in [0.1, 0.15) is 12.1 Å². The lowest BCUT2D eigenvalue weighted by Crippen LogP contribution is -1.97. The number of carbonyl (C=O) groups is 1. The van der Waals surface area contributed by atoms with Crippen LogP contribution in [0.3, 0.4) is 0 Å². The molecule has 5 heteroatoms. The summed E-state index contributed by atoms with van der Waals surface area (Å²) in [7, 11) is 0. The van der Waals surface area contributed by atoms with Crippen LogP contribution in [0.15, 0.2) is 35.2 Å². The summed E-state index contributed by atoms with van der Waals surface area (Å²) in [4.78, 5) is 18.5. The number of hydrogen-bond acceptors (Lipinski definition) is 4. The molecule has 16 heavy (non-hydrogen) atoms. The lowest BCUT2D eigenvalue weighted by Gasteiger charge is -1.92. The van der Waals surface area contributed by atoms with E-state index in [2.05, 4.69) is 9.97 Å². The normalized spacial score (nSPS) is 10.2. The minimum absolute atomic E-state index is 0.0579. The summed E-state index contributed by atoms with van der Waals surface area (Å²) in [6.45, 7) is 0. The number of aryl methyl sites for hydroxylation is 1. The Balaban J connectivity index is 2.11. The second-order valence-electron chi connectivity index (χ2n) is 3.27. The van der Waals surface area contributed by atoms with Crippen LogP contribution in [-0.2, 0) is 11.2 Å². The van der Waals surface area contributed by atoms with E-state index in [-0.39, 0.29) is 6.42 Å². The highest BCUT2D eigenvalue weighted by Crippen LogP contribution is 2.17. The summed E-state index contributed by atoms with van der Waals surface area (Å²) in [5, 5.41) is 8.53. The number of nitrogens with zero attached hydrogens (tertiary/aromatic N) is 2. The molecule has 0 bridgehead atoms.